The van der Waals surface area contributed by atoms with Gasteiger partial charge in [-0.05, 0) is 30.7 Å². The quantitative estimate of drug-likeness (QED) is 0.733. The van der Waals surface area contributed by atoms with E-state index in [1.54, 1.807) is 4.90 Å². The highest BCUT2D eigenvalue weighted by Crippen LogP contribution is 2.23. The molecule has 6 nitrogen and oxygen atoms in total. The van der Waals surface area contributed by atoms with Crippen LogP contribution < -0.4 is 0 Å². The number of amides is 1. The highest BCUT2D eigenvalue weighted by atomic mass is 32.2. The lowest BCUT2D eigenvalue weighted by atomic mass is 9.90. The maximum absolute atomic E-state index is 12.2. The summed E-state index contributed by atoms with van der Waals surface area (Å²) in [5.74, 6) is -1.92. The topological polar surface area (TPSA) is 94.9 Å². The number of carbonyl (C=O) groups is 3. The van der Waals surface area contributed by atoms with Crippen molar-refractivity contribution in [2.45, 2.75) is 30.9 Å². The molecule has 1 unspecified atom stereocenters. The minimum absolute atomic E-state index is 0.00754. The molecule has 0 bridgehead atoms. The predicted octanol–water partition coefficient (Wildman–Crippen LogP) is 2.13. The van der Waals surface area contributed by atoms with Crippen LogP contribution >= 0.6 is 11.8 Å². The van der Waals surface area contributed by atoms with Gasteiger partial charge in [-0.2, -0.15) is 0 Å². The van der Waals surface area contributed by atoms with E-state index in [1.807, 2.05) is 18.2 Å². The number of aliphatic carboxylic acids is 2. The van der Waals surface area contributed by atoms with Crippen LogP contribution in [0.25, 0.3) is 0 Å². The number of carboxylic acid groups (broad SMARTS) is 2. The SMILES string of the molecule is O=C(O)CC(SCC(=O)N1CCC(Cc2ccccc2)CC1)C(=O)O. The second kappa shape index (κ2) is 9.46. The number of benzene rings is 1. The van der Waals surface area contributed by atoms with Gasteiger partial charge in [0.1, 0.15) is 5.25 Å². The summed E-state index contributed by atoms with van der Waals surface area (Å²) in [5.41, 5.74) is 1.31. The normalized spacial score (nSPS) is 16.4. The highest BCUT2D eigenvalue weighted by molar-refractivity contribution is 8.01. The third kappa shape index (κ3) is 6.42. The molecular weight excluding hydrogens is 342 g/mol. The van der Waals surface area contributed by atoms with Crippen LogP contribution in [0.1, 0.15) is 24.8 Å². The fourth-order valence-electron chi connectivity index (χ4n) is 2.97. The van der Waals surface area contributed by atoms with Crippen LogP contribution in [0, 0.1) is 5.92 Å². The Morgan fingerprint density at radius 2 is 1.76 bits per heavy atom. The molecule has 2 N–H and O–H groups in total. The van der Waals surface area contributed by atoms with Crippen molar-refractivity contribution >= 4 is 29.6 Å². The molecule has 1 aromatic rings. The number of likely N-dealkylation sites (tertiary alicyclic amines) is 1. The van der Waals surface area contributed by atoms with E-state index in [-0.39, 0.29) is 11.7 Å². The van der Waals surface area contributed by atoms with Crippen LogP contribution in [0.4, 0.5) is 0 Å². The molecule has 1 amide bonds. The molecule has 0 saturated carbocycles. The molecule has 1 saturated heterocycles. The van der Waals surface area contributed by atoms with Crippen LogP contribution in [0.3, 0.4) is 0 Å². The minimum atomic E-state index is -1.19. The Morgan fingerprint density at radius 3 is 2.32 bits per heavy atom. The molecule has 2 rings (SSSR count). The number of hydrogen-bond donors (Lipinski definition) is 2. The van der Waals surface area contributed by atoms with E-state index in [2.05, 4.69) is 12.1 Å². The zero-order valence-corrected chi connectivity index (χ0v) is 14.8. The minimum Gasteiger partial charge on any atom is -0.481 e. The summed E-state index contributed by atoms with van der Waals surface area (Å²) in [7, 11) is 0. The molecule has 0 radical (unpaired) electrons. The van der Waals surface area contributed by atoms with E-state index >= 15 is 0 Å². The van der Waals surface area contributed by atoms with Gasteiger partial charge in [0.2, 0.25) is 5.91 Å². The molecule has 1 aliphatic heterocycles. The molecule has 1 heterocycles. The third-order valence-electron chi connectivity index (χ3n) is 4.38. The van der Waals surface area contributed by atoms with Gasteiger partial charge in [0.25, 0.3) is 0 Å². The summed E-state index contributed by atoms with van der Waals surface area (Å²) in [6, 6.07) is 10.3. The summed E-state index contributed by atoms with van der Waals surface area (Å²) in [4.78, 5) is 35.7. The van der Waals surface area contributed by atoms with E-state index in [4.69, 9.17) is 10.2 Å². The van der Waals surface area contributed by atoms with Crippen LogP contribution in [0.5, 0.6) is 0 Å². The molecule has 1 aromatic carbocycles. The lowest BCUT2D eigenvalue weighted by Gasteiger charge is -2.32. The van der Waals surface area contributed by atoms with Crippen LogP contribution in [0.2, 0.25) is 0 Å². The molecule has 0 aromatic heterocycles. The summed E-state index contributed by atoms with van der Waals surface area (Å²) >= 11 is 0.892. The van der Waals surface area contributed by atoms with Crippen molar-refractivity contribution in [3.05, 3.63) is 35.9 Å². The Bertz CT molecular complexity index is 599. The first-order valence-corrected chi connectivity index (χ1v) is 9.38. The maximum atomic E-state index is 12.2. The summed E-state index contributed by atoms with van der Waals surface area (Å²) in [5, 5.41) is 16.7. The molecule has 1 atom stereocenters. The van der Waals surface area contributed by atoms with Crippen molar-refractivity contribution in [1.82, 2.24) is 4.90 Å². The lowest BCUT2D eigenvalue weighted by Crippen LogP contribution is -2.40. The monoisotopic (exact) mass is 365 g/mol. The Kier molecular flexibility index (Phi) is 7.31. The number of carbonyl (C=O) groups excluding carboxylic acids is 1. The standard InChI is InChI=1S/C18H23NO5S/c20-16(12-25-15(18(23)24)11-17(21)22)19-8-6-14(7-9-19)10-13-4-2-1-3-5-13/h1-5,14-15H,6-12H2,(H,21,22)(H,23,24). The van der Waals surface area contributed by atoms with Crippen molar-refractivity contribution in [1.29, 1.82) is 0 Å². The lowest BCUT2D eigenvalue weighted by molar-refractivity contribution is -0.143. The number of carboxylic acids is 2. The molecule has 25 heavy (non-hydrogen) atoms. The van der Waals surface area contributed by atoms with Gasteiger partial charge in [-0.15, -0.1) is 11.8 Å². The van der Waals surface area contributed by atoms with E-state index in [1.165, 1.54) is 5.56 Å². The molecule has 0 spiro atoms. The van der Waals surface area contributed by atoms with Crippen LogP contribution in [0.15, 0.2) is 30.3 Å². The number of thioether (sulfide) groups is 1. The van der Waals surface area contributed by atoms with Crippen LogP contribution in [-0.4, -0.2) is 57.1 Å². The number of hydrogen-bond acceptors (Lipinski definition) is 4. The fourth-order valence-corrected chi connectivity index (χ4v) is 3.90. The van der Waals surface area contributed by atoms with Crippen molar-refractivity contribution in [3.63, 3.8) is 0 Å². The second-order valence-electron chi connectivity index (χ2n) is 6.25. The van der Waals surface area contributed by atoms with E-state index in [0.29, 0.717) is 19.0 Å². The Labute approximate surface area is 151 Å². The molecular formula is C18H23NO5S. The maximum Gasteiger partial charge on any atom is 0.317 e. The van der Waals surface area contributed by atoms with Crippen molar-refractivity contribution in [2.24, 2.45) is 5.92 Å². The smallest absolute Gasteiger partial charge is 0.317 e. The largest absolute Gasteiger partial charge is 0.481 e. The van der Waals surface area contributed by atoms with Gasteiger partial charge in [0.15, 0.2) is 0 Å². The summed E-state index contributed by atoms with van der Waals surface area (Å²) in [6.07, 6.45) is 2.40. The molecule has 7 heteroatoms. The van der Waals surface area contributed by atoms with Crippen molar-refractivity contribution in [3.8, 4) is 0 Å². The van der Waals surface area contributed by atoms with Crippen molar-refractivity contribution < 1.29 is 24.6 Å². The molecule has 1 fully saturated rings. The highest BCUT2D eigenvalue weighted by Gasteiger charge is 2.26. The summed E-state index contributed by atoms with van der Waals surface area (Å²) in [6.45, 7) is 1.35. The van der Waals surface area contributed by atoms with Gasteiger partial charge in [-0.25, -0.2) is 0 Å². The fraction of sp³-hybridized carbons (Fsp3) is 0.500. The number of rotatable bonds is 8. The first-order valence-electron chi connectivity index (χ1n) is 8.33. The van der Waals surface area contributed by atoms with Gasteiger partial charge in [0.05, 0.1) is 12.2 Å². The molecule has 0 aliphatic carbocycles. The Hall–Kier alpha value is -2.02. The van der Waals surface area contributed by atoms with Gasteiger partial charge in [-0.1, -0.05) is 30.3 Å². The van der Waals surface area contributed by atoms with Crippen LogP contribution in [-0.2, 0) is 20.8 Å². The van der Waals surface area contributed by atoms with Gasteiger partial charge in [-0.3, -0.25) is 14.4 Å². The number of nitrogens with zero attached hydrogens (tertiary/aromatic N) is 1. The molecule has 1 aliphatic rings. The third-order valence-corrected chi connectivity index (χ3v) is 5.56. The predicted molar refractivity (Wildman–Crippen MR) is 95.6 cm³/mol. The van der Waals surface area contributed by atoms with Gasteiger partial charge in [0, 0.05) is 13.1 Å². The first kappa shape index (κ1) is 19.3. The zero-order valence-electron chi connectivity index (χ0n) is 14.0. The average Bonchev–Trinajstić information content (AvgIpc) is 2.59. The first-order chi connectivity index (χ1) is 12.0. The van der Waals surface area contributed by atoms with Gasteiger partial charge >= 0.3 is 11.9 Å². The average molecular weight is 365 g/mol. The van der Waals surface area contributed by atoms with Gasteiger partial charge < -0.3 is 15.1 Å². The zero-order chi connectivity index (χ0) is 18.2. The van der Waals surface area contributed by atoms with E-state index in [0.717, 1.165) is 31.0 Å². The summed E-state index contributed by atoms with van der Waals surface area (Å²) < 4.78 is 0. The second-order valence-corrected chi connectivity index (χ2v) is 7.44. The Morgan fingerprint density at radius 1 is 1.12 bits per heavy atom. The number of piperidine rings is 1. The van der Waals surface area contributed by atoms with E-state index in [9.17, 15) is 14.4 Å². The Balaban J connectivity index is 1.75. The molecule has 136 valence electrons. The van der Waals surface area contributed by atoms with E-state index < -0.39 is 23.6 Å². The van der Waals surface area contributed by atoms with Crippen molar-refractivity contribution in [2.75, 3.05) is 18.8 Å².